The third-order valence-corrected chi connectivity index (χ3v) is 10.3. The van der Waals surface area contributed by atoms with Gasteiger partial charge in [-0.1, -0.05) is 86.4 Å². The number of benzene rings is 4. The van der Waals surface area contributed by atoms with Gasteiger partial charge in [-0.05, 0) is 77.3 Å². The van der Waals surface area contributed by atoms with E-state index in [-0.39, 0.29) is 5.75 Å². The van der Waals surface area contributed by atoms with Crippen LogP contribution in [0.15, 0.2) is 128 Å². The van der Waals surface area contributed by atoms with Crippen LogP contribution in [0, 0.1) is 6.92 Å². The van der Waals surface area contributed by atoms with E-state index in [1.165, 1.54) is 11.4 Å². The molecule has 0 aliphatic rings. The van der Waals surface area contributed by atoms with E-state index >= 15 is 0 Å². The molecule has 0 saturated carbocycles. The third kappa shape index (κ3) is 5.45. The maximum Gasteiger partial charge on any atom is 0.149 e. The first kappa shape index (κ1) is 28.4. The van der Waals surface area contributed by atoms with Gasteiger partial charge in [-0.2, -0.15) is 0 Å². The highest BCUT2D eigenvalue weighted by Gasteiger charge is 2.21. The molecule has 0 amide bonds. The number of aromatic nitrogens is 4. The smallest absolute Gasteiger partial charge is 0.149 e. The minimum absolute atomic E-state index is 0.0934. The lowest BCUT2D eigenvalue weighted by atomic mass is 9.94. The lowest BCUT2D eigenvalue weighted by molar-refractivity contribution is 0.474. The first-order valence-corrected chi connectivity index (χ1v) is 18.7. The van der Waals surface area contributed by atoms with Gasteiger partial charge in [0.25, 0.3) is 0 Å². The van der Waals surface area contributed by atoms with Gasteiger partial charge in [-0.3, -0.25) is 14.5 Å². The first-order chi connectivity index (χ1) is 21.8. The Bertz CT molecular complexity index is 2150. The summed E-state index contributed by atoms with van der Waals surface area (Å²) >= 11 is 0. The molecule has 0 saturated heterocycles. The molecule has 1 N–H and O–H groups in total. The number of aryl methyl sites for hydroxylation is 1. The molecule has 0 atom stereocenters. The summed E-state index contributed by atoms with van der Waals surface area (Å²) in [5.74, 6) is 0.755. The van der Waals surface area contributed by atoms with Crippen LogP contribution in [0.3, 0.4) is 0 Å². The Morgan fingerprint density at radius 2 is 1.33 bits per heavy atom. The van der Waals surface area contributed by atoms with Gasteiger partial charge in [-0.15, -0.1) is 0 Å². The van der Waals surface area contributed by atoms with Crippen molar-refractivity contribution >= 4 is 24.3 Å². The Balaban J connectivity index is 1.48. The summed E-state index contributed by atoms with van der Waals surface area (Å²) in [6.45, 7) is 8.95. The minimum Gasteiger partial charge on any atom is -0.506 e. The molecular formula is C39H34N4OSi. The fourth-order valence-corrected chi connectivity index (χ4v) is 6.85. The van der Waals surface area contributed by atoms with E-state index in [1.54, 1.807) is 0 Å². The fraction of sp³-hybridized carbons (Fsp3) is 0.103. The van der Waals surface area contributed by atoms with Crippen LogP contribution >= 0.6 is 0 Å². The molecule has 0 aliphatic heterocycles. The molecule has 3 aromatic heterocycles. The Hall–Kier alpha value is -5.33. The standard InChI is InChI=1S/C39H34N4OSi/c1-26-20-34(37(44)25-40-26)39-42-38-33(16-11-17-36(38)43(39)31-14-9-6-10-15-31)29-21-28(27-12-7-5-8-13-27)22-30(23-29)35-19-18-32(24-41-35)45(2,3)4/h5-25,44H,1-4H3. The van der Waals surface area contributed by atoms with Crippen molar-refractivity contribution in [2.75, 3.05) is 0 Å². The summed E-state index contributed by atoms with van der Waals surface area (Å²) in [4.78, 5) is 14.5. The average Bonchev–Trinajstić information content (AvgIpc) is 3.46. The number of nitrogens with zero attached hydrogens (tertiary/aromatic N) is 4. The average molecular weight is 603 g/mol. The van der Waals surface area contributed by atoms with Gasteiger partial charge in [0.05, 0.1) is 36.6 Å². The molecule has 3 heterocycles. The van der Waals surface area contributed by atoms with Gasteiger partial charge in [0.2, 0.25) is 0 Å². The number of rotatable bonds is 6. The molecule has 0 bridgehead atoms. The summed E-state index contributed by atoms with van der Waals surface area (Å²) in [7, 11) is -1.48. The Labute approximate surface area is 264 Å². The van der Waals surface area contributed by atoms with E-state index in [0.29, 0.717) is 11.4 Å². The largest absolute Gasteiger partial charge is 0.506 e. The monoisotopic (exact) mass is 602 g/mol. The highest BCUT2D eigenvalue weighted by atomic mass is 28.3. The van der Waals surface area contributed by atoms with Gasteiger partial charge < -0.3 is 5.11 Å². The van der Waals surface area contributed by atoms with E-state index < -0.39 is 8.07 Å². The maximum atomic E-state index is 10.9. The molecule has 45 heavy (non-hydrogen) atoms. The molecule has 0 unspecified atom stereocenters. The highest BCUT2D eigenvalue weighted by molar-refractivity contribution is 6.88. The lowest BCUT2D eigenvalue weighted by Gasteiger charge is -2.16. The summed E-state index contributed by atoms with van der Waals surface area (Å²) in [6, 6.07) is 39.9. The van der Waals surface area contributed by atoms with Gasteiger partial charge in [0.15, 0.2) is 0 Å². The lowest BCUT2D eigenvalue weighted by Crippen LogP contribution is -2.37. The molecular weight excluding hydrogens is 569 g/mol. The second-order valence-electron chi connectivity index (χ2n) is 12.5. The van der Waals surface area contributed by atoms with E-state index in [4.69, 9.17) is 9.97 Å². The third-order valence-electron chi connectivity index (χ3n) is 8.24. The van der Waals surface area contributed by atoms with Crippen molar-refractivity contribution in [3.8, 4) is 56.3 Å². The van der Waals surface area contributed by atoms with E-state index in [9.17, 15) is 5.11 Å². The molecule has 0 aliphatic carbocycles. The minimum atomic E-state index is -1.48. The molecule has 7 aromatic rings. The first-order valence-electron chi connectivity index (χ1n) is 15.2. The van der Waals surface area contributed by atoms with Crippen LogP contribution in [0.5, 0.6) is 5.75 Å². The van der Waals surface area contributed by atoms with Crippen molar-refractivity contribution in [1.29, 1.82) is 0 Å². The molecule has 0 spiro atoms. The molecule has 7 rings (SSSR count). The van der Waals surface area contributed by atoms with Crippen LogP contribution in [-0.2, 0) is 0 Å². The zero-order valence-corrected chi connectivity index (χ0v) is 26.9. The molecule has 4 aromatic carbocycles. The Morgan fingerprint density at radius 1 is 0.622 bits per heavy atom. The number of pyridine rings is 2. The fourth-order valence-electron chi connectivity index (χ4n) is 5.82. The van der Waals surface area contributed by atoms with Gasteiger partial charge in [-0.25, -0.2) is 4.98 Å². The topological polar surface area (TPSA) is 63.8 Å². The van der Waals surface area contributed by atoms with E-state index in [1.807, 2.05) is 43.5 Å². The summed E-state index contributed by atoms with van der Waals surface area (Å²) < 4.78 is 2.12. The van der Waals surface area contributed by atoms with Gasteiger partial charge in [0.1, 0.15) is 11.6 Å². The van der Waals surface area contributed by atoms with Crippen LogP contribution in [0.25, 0.3) is 61.6 Å². The second kappa shape index (κ2) is 11.3. The molecule has 6 heteroatoms. The molecule has 220 valence electrons. The van der Waals surface area contributed by atoms with Gasteiger partial charge in [0, 0.05) is 28.7 Å². The Morgan fingerprint density at radius 3 is 2.04 bits per heavy atom. The SMILES string of the molecule is Cc1cc(-c2nc3c(-c4cc(-c5ccccc5)cc(-c5ccc([Si](C)(C)C)cn5)c4)cccc3n2-c2ccccc2)c(O)cn1. The summed E-state index contributed by atoms with van der Waals surface area (Å²) in [5.41, 5.74) is 10.5. The predicted molar refractivity (Wildman–Crippen MR) is 188 cm³/mol. The normalized spacial score (nSPS) is 11.6. The van der Waals surface area contributed by atoms with Gasteiger partial charge >= 0.3 is 0 Å². The zero-order chi connectivity index (χ0) is 31.1. The van der Waals surface area contributed by atoms with E-state index in [2.05, 4.69) is 114 Å². The van der Waals surface area contributed by atoms with Crippen molar-refractivity contribution in [1.82, 2.24) is 19.5 Å². The van der Waals surface area contributed by atoms with Crippen LogP contribution in [0.2, 0.25) is 19.6 Å². The number of para-hydroxylation sites is 2. The zero-order valence-electron chi connectivity index (χ0n) is 25.9. The quantitative estimate of drug-likeness (QED) is 0.193. The number of fused-ring (bicyclic) bond motifs is 1. The molecule has 5 nitrogen and oxygen atoms in total. The van der Waals surface area contributed by atoms with E-state index in [0.717, 1.165) is 55.9 Å². The van der Waals surface area contributed by atoms with Crippen molar-refractivity contribution in [2.45, 2.75) is 26.6 Å². The molecule has 0 radical (unpaired) electrons. The Kier molecular flexibility index (Phi) is 7.14. The number of hydrogen-bond acceptors (Lipinski definition) is 4. The second-order valence-corrected chi connectivity index (χ2v) is 17.5. The van der Waals surface area contributed by atoms with Crippen molar-refractivity contribution in [3.05, 3.63) is 133 Å². The maximum absolute atomic E-state index is 10.9. The van der Waals surface area contributed by atoms with Crippen molar-refractivity contribution in [3.63, 3.8) is 0 Å². The van der Waals surface area contributed by atoms with Crippen molar-refractivity contribution in [2.24, 2.45) is 0 Å². The van der Waals surface area contributed by atoms with Crippen LogP contribution in [0.4, 0.5) is 0 Å². The van der Waals surface area contributed by atoms with Crippen molar-refractivity contribution < 1.29 is 5.11 Å². The number of aromatic hydroxyl groups is 1. The summed E-state index contributed by atoms with van der Waals surface area (Å²) in [6.07, 6.45) is 3.55. The van der Waals surface area contributed by atoms with Crippen LogP contribution < -0.4 is 5.19 Å². The number of imidazole rings is 1. The van der Waals surface area contributed by atoms with Crippen LogP contribution in [0.1, 0.15) is 5.69 Å². The summed E-state index contributed by atoms with van der Waals surface area (Å²) in [5, 5.41) is 12.3. The highest BCUT2D eigenvalue weighted by Crippen LogP contribution is 2.39. The molecule has 0 fully saturated rings. The predicted octanol–water partition coefficient (Wildman–Crippen LogP) is 9.04. The van der Waals surface area contributed by atoms with Crippen LogP contribution in [-0.4, -0.2) is 32.7 Å². The number of hydrogen-bond donors (Lipinski definition) is 1.